The average molecular weight is 372 g/mol. The predicted octanol–water partition coefficient (Wildman–Crippen LogP) is 2.82. The molecule has 0 bridgehead atoms. The van der Waals surface area contributed by atoms with Gasteiger partial charge in [-0.2, -0.15) is 0 Å². The van der Waals surface area contributed by atoms with Gasteiger partial charge < -0.3 is 4.90 Å². The van der Waals surface area contributed by atoms with Gasteiger partial charge in [-0.3, -0.25) is 9.20 Å². The Morgan fingerprint density at radius 2 is 1.61 bits per heavy atom. The first kappa shape index (κ1) is 17.7. The summed E-state index contributed by atoms with van der Waals surface area (Å²) in [5, 5.41) is 4.21. The normalized spacial score (nSPS) is 10.9. The summed E-state index contributed by atoms with van der Waals surface area (Å²) in [4.78, 5) is 26.5. The number of amides is 1. The van der Waals surface area contributed by atoms with E-state index in [0.29, 0.717) is 12.2 Å². The van der Waals surface area contributed by atoms with E-state index in [1.165, 1.54) is 9.08 Å². The van der Waals surface area contributed by atoms with Gasteiger partial charge in [0.25, 0.3) is 0 Å². The maximum Gasteiger partial charge on any atom is 0.350 e. The first-order chi connectivity index (χ1) is 13.6. The minimum Gasteiger partial charge on any atom is -0.340 e. The molecule has 0 radical (unpaired) electrons. The Bertz CT molecular complexity index is 1160. The van der Waals surface area contributed by atoms with Gasteiger partial charge in [0.2, 0.25) is 5.91 Å². The van der Waals surface area contributed by atoms with Gasteiger partial charge in [0.05, 0.1) is 0 Å². The highest BCUT2D eigenvalue weighted by molar-refractivity contribution is 5.75. The molecule has 1 amide bonds. The largest absolute Gasteiger partial charge is 0.350 e. The molecule has 6 nitrogen and oxygen atoms in total. The van der Waals surface area contributed by atoms with Crippen molar-refractivity contribution >= 4 is 11.6 Å². The zero-order valence-corrected chi connectivity index (χ0v) is 15.5. The van der Waals surface area contributed by atoms with Crippen molar-refractivity contribution in [1.29, 1.82) is 0 Å². The summed E-state index contributed by atoms with van der Waals surface area (Å²) in [5.74, 6) is -0.169. The van der Waals surface area contributed by atoms with Crippen LogP contribution in [0.25, 0.3) is 16.8 Å². The number of carbonyl (C=O) groups excluding carboxylic acids is 1. The number of likely N-dealkylation sites (N-methyl/N-ethyl adjacent to an activating group) is 1. The fraction of sp³-hybridized carbons (Fsp3) is 0.136. The number of pyridine rings is 1. The van der Waals surface area contributed by atoms with Gasteiger partial charge in [-0.25, -0.2) is 9.48 Å². The van der Waals surface area contributed by atoms with Crippen LogP contribution in [0, 0.1) is 0 Å². The topological polar surface area (TPSA) is 59.6 Å². The van der Waals surface area contributed by atoms with Crippen molar-refractivity contribution in [2.45, 2.75) is 13.1 Å². The summed E-state index contributed by atoms with van der Waals surface area (Å²) in [7, 11) is 1.73. The van der Waals surface area contributed by atoms with Crippen LogP contribution in [0.2, 0.25) is 0 Å². The molecule has 0 unspecified atom stereocenters. The Balaban J connectivity index is 1.44. The standard InChI is InChI=1S/C22H20N4O2/c1-24(15-17-10-12-19(13-11-17)18-7-3-2-4-8-18)21(27)16-26-22(28)25-14-6-5-9-20(25)23-26/h2-14H,15-16H2,1H3. The number of nitrogens with zero attached hydrogens (tertiary/aromatic N) is 4. The summed E-state index contributed by atoms with van der Waals surface area (Å²) in [6, 6.07) is 23.6. The highest BCUT2D eigenvalue weighted by atomic mass is 16.2. The Morgan fingerprint density at radius 3 is 2.32 bits per heavy atom. The van der Waals surface area contributed by atoms with E-state index in [1.807, 2.05) is 30.3 Å². The second-order valence-electron chi connectivity index (χ2n) is 6.68. The van der Waals surface area contributed by atoms with Crippen LogP contribution >= 0.6 is 0 Å². The fourth-order valence-electron chi connectivity index (χ4n) is 3.12. The quantitative estimate of drug-likeness (QED) is 0.541. The molecule has 2 aromatic carbocycles. The molecular weight excluding hydrogens is 352 g/mol. The van der Waals surface area contributed by atoms with E-state index >= 15 is 0 Å². The molecule has 0 aliphatic heterocycles. The van der Waals surface area contributed by atoms with Gasteiger partial charge in [0.1, 0.15) is 6.54 Å². The first-order valence-corrected chi connectivity index (χ1v) is 9.04. The lowest BCUT2D eigenvalue weighted by molar-refractivity contribution is -0.131. The van der Waals surface area contributed by atoms with Crippen LogP contribution in [0.3, 0.4) is 0 Å². The van der Waals surface area contributed by atoms with Crippen LogP contribution in [0.4, 0.5) is 0 Å². The zero-order valence-electron chi connectivity index (χ0n) is 15.5. The van der Waals surface area contributed by atoms with Crippen molar-refractivity contribution in [2.75, 3.05) is 7.05 Å². The van der Waals surface area contributed by atoms with E-state index in [9.17, 15) is 9.59 Å². The molecule has 4 aromatic rings. The van der Waals surface area contributed by atoms with Crippen molar-refractivity contribution in [3.63, 3.8) is 0 Å². The minimum absolute atomic E-state index is 0.0842. The third kappa shape index (κ3) is 3.57. The lowest BCUT2D eigenvalue weighted by Crippen LogP contribution is -2.33. The van der Waals surface area contributed by atoms with Crippen molar-refractivity contribution in [2.24, 2.45) is 0 Å². The average Bonchev–Trinajstić information content (AvgIpc) is 3.05. The van der Waals surface area contributed by atoms with Crippen molar-refractivity contribution in [3.05, 3.63) is 95.0 Å². The summed E-state index contributed by atoms with van der Waals surface area (Å²) < 4.78 is 2.63. The number of rotatable bonds is 5. The summed E-state index contributed by atoms with van der Waals surface area (Å²) in [5.41, 5.74) is 3.53. The SMILES string of the molecule is CN(Cc1ccc(-c2ccccc2)cc1)C(=O)Cn1nc2ccccn2c1=O. The van der Waals surface area contributed by atoms with E-state index in [-0.39, 0.29) is 18.1 Å². The maximum atomic E-state index is 12.6. The highest BCUT2D eigenvalue weighted by Crippen LogP contribution is 2.19. The number of benzene rings is 2. The Hall–Kier alpha value is -3.67. The van der Waals surface area contributed by atoms with Crippen molar-refractivity contribution in [3.8, 4) is 11.1 Å². The summed E-state index contributed by atoms with van der Waals surface area (Å²) >= 11 is 0. The fourth-order valence-corrected chi connectivity index (χ4v) is 3.12. The molecule has 0 saturated heterocycles. The van der Waals surface area contributed by atoms with Crippen molar-refractivity contribution in [1.82, 2.24) is 19.1 Å². The molecule has 0 fully saturated rings. The Kier molecular flexibility index (Phi) is 4.76. The number of hydrogen-bond acceptors (Lipinski definition) is 3. The van der Waals surface area contributed by atoms with Crippen LogP contribution in [0.15, 0.2) is 83.8 Å². The molecule has 0 spiro atoms. The Labute approximate surface area is 162 Å². The van der Waals surface area contributed by atoms with E-state index in [2.05, 4.69) is 29.4 Å². The lowest BCUT2D eigenvalue weighted by atomic mass is 10.0. The number of hydrogen-bond donors (Lipinski definition) is 0. The summed E-state index contributed by atoms with van der Waals surface area (Å²) in [6.07, 6.45) is 1.64. The van der Waals surface area contributed by atoms with Gasteiger partial charge in [0, 0.05) is 19.8 Å². The van der Waals surface area contributed by atoms with Crippen molar-refractivity contribution < 1.29 is 4.79 Å². The van der Waals surface area contributed by atoms with Crippen LogP contribution in [-0.2, 0) is 17.9 Å². The van der Waals surface area contributed by atoms with E-state index in [1.54, 1.807) is 36.3 Å². The molecule has 0 atom stereocenters. The molecule has 2 heterocycles. The second kappa shape index (κ2) is 7.52. The molecule has 0 aliphatic carbocycles. The molecule has 140 valence electrons. The Morgan fingerprint density at radius 1 is 0.929 bits per heavy atom. The molecule has 0 N–H and O–H groups in total. The molecule has 0 aliphatic rings. The zero-order chi connectivity index (χ0) is 19.5. The third-order valence-electron chi connectivity index (χ3n) is 4.68. The van der Waals surface area contributed by atoms with Gasteiger partial charge in [-0.05, 0) is 28.8 Å². The molecule has 4 rings (SSSR count). The number of aromatic nitrogens is 3. The first-order valence-electron chi connectivity index (χ1n) is 9.04. The molecule has 2 aromatic heterocycles. The second-order valence-corrected chi connectivity index (χ2v) is 6.68. The third-order valence-corrected chi connectivity index (χ3v) is 4.68. The maximum absolute atomic E-state index is 12.6. The van der Waals surface area contributed by atoms with Crippen LogP contribution in [-0.4, -0.2) is 32.0 Å². The molecule has 28 heavy (non-hydrogen) atoms. The van der Waals surface area contributed by atoms with Gasteiger partial charge in [0.15, 0.2) is 5.65 Å². The van der Waals surface area contributed by atoms with Gasteiger partial charge in [-0.15, -0.1) is 5.10 Å². The van der Waals surface area contributed by atoms with Crippen LogP contribution < -0.4 is 5.69 Å². The summed E-state index contributed by atoms with van der Waals surface area (Å²) in [6.45, 7) is 0.384. The van der Waals surface area contributed by atoms with E-state index < -0.39 is 0 Å². The number of fused-ring (bicyclic) bond motifs is 1. The lowest BCUT2D eigenvalue weighted by Gasteiger charge is -2.17. The number of carbonyl (C=O) groups is 1. The monoisotopic (exact) mass is 372 g/mol. The molecule has 0 saturated carbocycles. The molecule has 6 heteroatoms. The van der Waals surface area contributed by atoms with Gasteiger partial charge >= 0.3 is 5.69 Å². The van der Waals surface area contributed by atoms with Gasteiger partial charge in [-0.1, -0.05) is 60.7 Å². The predicted molar refractivity (Wildman–Crippen MR) is 108 cm³/mol. The minimum atomic E-state index is -0.315. The van der Waals surface area contributed by atoms with Crippen LogP contribution in [0.5, 0.6) is 0 Å². The van der Waals surface area contributed by atoms with Crippen LogP contribution in [0.1, 0.15) is 5.56 Å². The van der Waals surface area contributed by atoms with E-state index in [0.717, 1.165) is 16.7 Å². The van der Waals surface area contributed by atoms with E-state index in [4.69, 9.17) is 0 Å². The highest BCUT2D eigenvalue weighted by Gasteiger charge is 2.14. The smallest absolute Gasteiger partial charge is 0.340 e. The molecular formula is C22H20N4O2.